The average Bonchev–Trinajstić information content (AvgIpc) is 2.12. The molecule has 0 saturated heterocycles. The highest BCUT2D eigenvalue weighted by Crippen LogP contribution is 2.17. The molecule has 1 aliphatic heterocycles. The fourth-order valence-electron chi connectivity index (χ4n) is 1.14. The largest absolute Gasteiger partial charge is 0.320 e. The van der Waals surface area contributed by atoms with Gasteiger partial charge in [0.1, 0.15) is 0 Å². The Morgan fingerprint density at radius 1 is 1.71 bits per heavy atom. The molecule has 0 radical (unpaired) electrons. The lowest BCUT2D eigenvalue weighted by atomic mass is 9.99. The van der Waals surface area contributed by atoms with Gasteiger partial charge in [0, 0.05) is 12.6 Å². The predicted molar refractivity (Wildman–Crippen MR) is 47.7 cm³/mol. The van der Waals surface area contributed by atoms with Gasteiger partial charge in [-0.3, -0.25) is 10.5 Å². The number of ketones is 1. The molecule has 0 aromatic rings. The highest BCUT2D eigenvalue weighted by Gasteiger charge is 2.41. The molecule has 5 nitrogen and oxygen atoms in total. The maximum Gasteiger partial charge on any atom is 0.320 e. The van der Waals surface area contributed by atoms with E-state index in [9.17, 15) is 14.0 Å². The number of urea groups is 1. The molecule has 1 aliphatic rings. The van der Waals surface area contributed by atoms with Crippen molar-refractivity contribution in [2.24, 2.45) is 5.73 Å². The van der Waals surface area contributed by atoms with E-state index < -0.39 is 23.3 Å². The average molecular weight is 201 g/mol. The van der Waals surface area contributed by atoms with E-state index in [2.05, 4.69) is 10.6 Å². The SMILES string of the molecule is CCCC(=O)C1(N)NC(=O)NC=C1F. The van der Waals surface area contributed by atoms with Gasteiger partial charge in [0.05, 0.1) is 0 Å². The zero-order valence-electron chi connectivity index (χ0n) is 7.76. The van der Waals surface area contributed by atoms with Gasteiger partial charge in [-0.2, -0.15) is 0 Å². The summed E-state index contributed by atoms with van der Waals surface area (Å²) in [4.78, 5) is 22.3. The molecule has 0 bridgehead atoms. The van der Waals surface area contributed by atoms with Crippen molar-refractivity contribution < 1.29 is 14.0 Å². The van der Waals surface area contributed by atoms with Crippen LogP contribution in [0.3, 0.4) is 0 Å². The Kier molecular flexibility index (Phi) is 2.85. The van der Waals surface area contributed by atoms with E-state index in [1.807, 2.05) is 0 Å². The highest BCUT2D eigenvalue weighted by molar-refractivity contribution is 5.95. The van der Waals surface area contributed by atoms with E-state index in [1.165, 1.54) is 0 Å². The smallest absolute Gasteiger partial charge is 0.312 e. The minimum absolute atomic E-state index is 0.123. The van der Waals surface area contributed by atoms with E-state index in [0.29, 0.717) is 6.42 Å². The first kappa shape index (κ1) is 10.6. The van der Waals surface area contributed by atoms with Crippen LogP contribution in [0.1, 0.15) is 19.8 Å². The minimum atomic E-state index is -1.99. The van der Waals surface area contributed by atoms with Crippen molar-refractivity contribution in [3.8, 4) is 0 Å². The van der Waals surface area contributed by atoms with Crippen molar-refractivity contribution >= 4 is 11.8 Å². The lowest BCUT2D eigenvalue weighted by Gasteiger charge is -2.30. The van der Waals surface area contributed by atoms with Gasteiger partial charge in [0.25, 0.3) is 0 Å². The summed E-state index contributed by atoms with van der Waals surface area (Å²) >= 11 is 0. The van der Waals surface area contributed by atoms with Crippen LogP contribution in [0.4, 0.5) is 9.18 Å². The van der Waals surface area contributed by atoms with Gasteiger partial charge >= 0.3 is 6.03 Å². The standard InChI is InChI=1S/C8H12FN3O2/c1-2-3-6(13)8(10)5(9)4-11-7(14)12-8/h4H,2-3,10H2,1H3,(H2,11,12,14). The third kappa shape index (κ3) is 1.74. The molecule has 0 aromatic carbocycles. The molecule has 0 saturated carbocycles. The maximum absolute atomic E-state index is 13.2. The number of nitrogens with two attached hydrogens (primary N) is 1. The lowest BCUT2D eigenvalue weighted by Crippen LogP contribution is -2.66. The van der Waals surface area contributed by atoms with Gasteiger partial charge in [-0.1, -0.05) is 6.92 Å². The number of amides is 2. The van der Waals surface area contributed by atoms with Gasteiger partial charge in [-0.05, 0) is 6.42 Å². The summed E-state index contributed by atoms with van der Waals surface area (Å²) in [5.41, 5.74) is 3.47. The van der Waals surface area contributed by atoms with Gasteiger partial charge in [0.15, 0.2) is 11.6 Å². The fourth-order valence-corrected chi connectivity index (χ4v) is 1.14. The summed E-state index contributed by atoms with van der Waals surface area (Å²) < 4.78 is 13.2. The minimum Gasteiger partial charge on any atom is -0.312 e. The van der Waals surface area contributed by atoms with E-state index >= 15 is 0 Å². The van der Waals surface area contributed by atoms with Gasteiger partial charge in [-0.25, -0.2) is 9.18 Å². The quantitative estimate of drug-likeness (QED) is 0.607. The first-order chi connectivity index (χ1) is 6.50. The van der Waals surface area contributed by atoms with Crippen LogP contribution in [0.25, 0.3) is 0 Å². The number of hydrogen-bond donors (Lipinski definition) is 3. The summed E-state index contributed by atoms with van der Waals surface area (Å²) in [7, 11) is 0. The number of carbonyl (C=O) groups is 2. The number of halogens is 1. The molecular weight excluding hydrogens is 189 g/mol. The van der Waals surface area contributed by atoms with Crippen molar-refractivity contribution in [3.05, 3.63) is 12.0 Å². The molecule has 1 unspecified atom stereocenters. The van der Waals surface area contributed by atoms with E-state index in [0.717, 1.165) is 6.20 Å². The zero-order chi connectivity index (χ0) is 10.8. The summed E-state index contributed by atoms with van der Waals surface area (Å²) in [6, 6.07) is -0.682. The normalized spacial score (nSPS) is 26.2. The molecule has 0 aromatic heterocycles. The van der Waals surface area contributed by atoms with E-state index in [-0.39, 0.29) is 6.42 Å². The molecule has 6 heteroatoms. The second kappa shape index (κ2) is 3.75. The lowest BCUT2D eigenvalue weighted by molar-refractivity contribution is -0.124. The first-order valence-electron chi connectivity index (χ1n) is 4.27. The second-order valence-corrected chi connectivity index (χ2v) is 3.07. The molecule has 0 aliphatic carbocycles. The molecule has 1 rings (SSSR count). The van der Waals surface area contributed by atoms with Crippen LogP contribution in [0, 0.1) is 0 Å². The number of nitrogens with one attached hydrogen (secondary N) is 2. The van der Waals surface area contributed by atoms with Crippen LogP contribution >= 0.6 is 0 Å². The topological polar surface area (TPSA) is 84.2 Å². The van der Waals surface area contributed by atoms with Crippen molar-refractivity contribution in [1.29, 1.82) is 0 Å². The van der Waals surface area contributed by atoms with Crippen molar-refractivity contribution in [2.45, 2.75) is 25.4 Å². The number of carbonyl (C=O) groups excluding carboxylic acids is 2. The predicted octanol–water partition coefficient (Wildman–Crippen LogP) is 0.134. The Balaban J connectivity index is 2.91. The van der Waals surface area contributed by atoms with Gasteiger partial charge < -0.3 is 10.6 Å². The number of rotatable bonds is 3. The monoisotopic (exact) mass is 201 g/mol. The van der Waals surface area contributed by atoms with Crippen LogP contribution < -0.4 is 16.4 Å². The Hall–Kier alpha value is -1.43. The molecule has 2 amide bonds. The van der Waals surface area contributed by atoms with Crippen LogP contribution in [0.15, 0.2) is 12.0 Å². The molecule has 78 valence electrons. The summed E-state index contributed by atoms with van der Waals surface area (Å²) in [5.74, 6) is -1.42. The molecule has 0 fully saturated rings. The van der Waals surface area contributed by atoms with Crippen molar-refractivity contribution in [2.75, 3.05) is 0 Å². The van der Waals surface area contributed by atoms with Gasteiger partial charge in [-0.15, -0.1) is 0 Å². The molecule has 4 N–H and O–H groups in total. The Morgan fingerprint density at radius 3 is 2.93 bits per heavy atom. The van der Waals surface area contributed by atoms with Crippen LogP contribution in [0.5, 0.6) is 0 Å². The molecule has 1 atom stereocenters. The molecular formula is C8H12FN3O2. The second-order valence-electron chi connectivity index (χ2n) is 3.07. The molecule has 1 heterocycles. The summed E-state index contributed by atoms with van der Waals surface area (Å²) in [5, 5.41) is 4.13. The Labute approximate surface area is 80.5 Å². The number of Topliss-reactive ketones (excluding diaryl/α,β-unsaturated/α-hetero) is 1. The highest BCUT2D eigenvalue weighted by atomic mass is 19.1. The maximum atomic E-state index is 13.2. The van der Waals surface area contributed by atoms with Crippen LogP contribution in [0.2, 0.25) is 0 Å². The third-order valence-electron chi connectivity index (χ3n) is 1.93. The van der Waals surface area contributed by atoms with E-state index in [4.69, 9.17) is 5.73 Å². The van der Waals surface area contributed by atoms with E-state index in [1.54, 1.807) is 6.92 Å². The molecule has 0 spiro atoms. The number of hydrogen-bond acceptors (Lipinski definition) is 3. The Morgan fingerprint density at radius 2 is 2.36 bits per heavy atom. The third-order valence-corrected chi connectivity index (χ3v) is 1.93. The van der Waals surface area contributed by atoms with Gasteiger partial charge in [0.2, 0.25) is 5.66 Å². The van der Waals surface area contributed by atoms with Crippen molar-refractivity contribution in [3.63, 3.8) is 0 Å². The van der Waals surface area contributed by atoms with Crippen molar-refractivity contribution in [1.82, 2.24) is 10.6 Å². The summed E-state index contributed by atoms with van der Waals surface area (Å²) in [6.07, 6.45) is 1.47. The fraction of sp³-hybridized carbons (Fsp3) is 0.500. The molecule has 14 heavy (non-hydrogen) atoms. The zero-order valence-corrected chi connectivity index (χ0v) is 7.76. The Bertz CT molecular complexity index is 303. The van der Waals surface area contributed by atoms with Crippen LogP contribution in [-0.2, 0) is 4.79 Å². The first-order valence-corrected chi connectivity index (χ1v) is 4.27. The van der Waals surface area contributed by atoms with Crippen LogP contribution in [-0.4, -0.2) is 17.5 Å². The summed E-state index contributed by atoms with van der Waals surface area (Å²) in [6.45, 7) is 1.77.